The van der Waals surface area contributed by atoms with E-state index in [0.29, 0.717) is 6.04 Å². The maximum absolute atomic E-state index is 3.45. The third-order valence-corrected chi connectivity index (χ3v) is 4.62. The van der Waals surface area contributed by atoms with Crippen LogP contribution in [0.5, 0.6) is 0 Å². The summed E-state index contributed by atoms with van der Waals surface area (Å²) < 4.78 is 0. The zero-order chi connectivity index (χ0) is 11.2. The van der Waals surface area contributed by atoms with Crippen molar-refractivity contribution in [1.82, 2.24) is 5.32 Å². The van der Waals surface area contributed by atoms with Gasteiger partial charge in [0.05, 0.1) is 0 Å². The molecule has 2 heteroatoms. The zero-order valence-corrected chi connectivity index (χ0v) is 10.8. The lowest BCUT2D eigenvalue weighted by molar-refractivity contribution is 0.272. The maximum Gasteiger partial charge on any atom is 0.0161 e. The summed E-state index contributed by atoms with van der Waals surface area (Å²) in [5.41, 5.74) is 0. The molecular weight excluding hydrogens is 214 g/mol. The fourth-order valence-electron chi connectivity index (χ4n) is 2.11. The molecule has 1 aliphatic rings. The summed E-state index contributed by atoms with van der Waals surface area (Å²) in [6.45, 7) is 0. The van der Waals surface area contributed by atoms with Gasteiger partial charge in [0.15, 0.2) is 0 Å². The average molecular weight is 235 g/mol. The monoisotopic (exact) mass is 235 g/mol. The van der Waals surface area contributed by atoms with Gasteiger partial charge in [-0.2, -0.15) is 0 Å². The second kappa shape index (κ2) is 6.31. The molecule has 88 valence electrons. The van der Waals surface area contributed by atoms with Crippen molar-refractivity contribution in [3.05, 3.63) is 30.3 Å². The van der Waals surface area contributed by atoms with Crippen LogP contribution in [0.1, 0.15) is 25.7 Å². The Balaban J connectivity index is 1.73. The third-order valence-electron chi connectivity index (χ3n) is 3.45. The second-order valence-corrected chi connectivity index (χ2v) is 5.74. The Morgan fingerprint density at radius 3 is 2.62 bits per heavy atom. The fourth-order valence-corrected chi connectivity index (χ4v) is 3.16. The van der Waals surface area contributed by atoms with Crippen molar-refractivity contribution in [2.45, 2.75) is 36.6 Å². The lowest BCUT2D eigenvalue weighted by Crippen LogP contribution is -2.32. The van der Waals surface area contributed by atoms with Crippen molar-refractivity contribution >= 4 is 11.8 Å². The summed E-state index contributed by atoms with van der Waals surface area (Å²) in [6, 6.07) is 11.4. The van der Waals surface area contributed by atoms with E-state index in [-0.39, 0.29) is 0 Å². The van der Waals surface area contributed by atoms with Gasteiger partial charge in [-0.15, -0.1) is 11.8 Å². The first-order valence-corrected chi connectivity index (χ1v) is 7.22. The molecule has 16 heavy (non-hydrogen) atoms. The molecule has 1 aromatic rings. The number of nitrogens with one attached hydrogen (secondary N) is 1. The van der Waals surface area contributed by atoms with Gasteiger partial charge in [0.1, 0.15) is 0 Å². The van der Waals surface area contributed by atoms with Crippen LogP contribution in [0, 0.1) is 5.92 Å². The molecular formula is C14H21NS. The van der Waals surface area contributed by atoms with Gasteiger partial charge in [-0.1, -0.05) is 37.5 Å². The fraction of sp³-hybridized carbons (Fsp3) is 0.571. The first kappa shape index (κ1) is 12.0. The van der Waals surface area contributed by atoms with Crippen molar-refractivity contribution < 1.29 is 0 Å². The van der Waals surface area contributed by atoms with Crippen LogP contribution in [-0.2, 0) is 0 Å². The van der Waals surface area contributed by atoms with Gasteiger partial charge in [0, 0.05) is 16.7 Å². The molecule has 1 aromatic carbocycles. The van der Waals surface area contributed by atoms with Gasteiger partial charge in [-0.05, 0) is 31.5 Å². The van der Waals surface area contributed by atoms with Crippen LogP contribution in [0.25, 0.3) is 0 Å². The molecule has 0 saturated heterocycles. The van der Waals surface area contributed by atoms with Gasteiger partial charge < -0.3 is 5.32 Å². The van der Waals surface area contributed by atoms with Gasteiger partial charge in [-0.3, -0.25) is 0 Å². The molecule has 0 heterocycles. The zero-order valence-electron chi connectivity index (χ0n) is 9.99. The highest BCUT2D eigenvalue weighted by molar-refractivity contribution is 7.99. The number of hydrogen-bond donors (Lipinski definition) is 1. The molecule has 1 aliphatic carbocycles. The highest BCUT2D eigenvalue weighted by Crippen LogP contribution is 2.31. The molecule has 0 radical (unpaired) electrons. The van der Waals surface area contributed by atoms with Gasteiger partial charge in [0.2, 0.25) is 0 Å². The minimum absolute atomic E-state index is 0.676. The highest BCUT2D eigenvalue weighted by atomic mass is 32.2. The number of hydrogen-bond acceptors (Lipinski definition) is 2. The number of thioether (sulfide) groups is 1. The van der Waals surface area contributed by atoms with Crippen LogP contribution in [0.3, 0.4) is 0 Å². The van der Waals surface area contributed by atoms with E-state index in [4.69, 9.17) is 0 Å². The van der Waals surface area contributed by atoms with E-state index in [1.165, 1.54) is 36.3 Å². The first-order valence-electron chi connectivity index (χ1n) is 6.23. The van der Waals surface area contributed by atoms with Crippen molar-refractivity contribution in [3.8, 4) is 0 Å². The van der Waals surface area contributed by atoms with Crippen LogP contribution in [0.2, 0.25) is 0 Å². The molecule has 1 atom stereocenters. The highest BCUT2D eigenvalue weighted by Gasteiger charge is 2.21. The Hall–Kier alpha value is -0.470. The molecule has 0 amide bonds. The Labute approximate surface area is 103 Å². The molecule has 0 spiro atoms. The van der Waals surface area contributed by atoms with Gasteiger partial charge in [0.25, 0.3) is 0 Å². The molecule has 0 bridgehead atoms. The first-order chi connectivity index (χ1) is 7.88. The Bertz CT molecular complexity index is 295. The molecule has 1 N–H and O–H groups in total. The Kier molecular flexibility index (Phi) is 4.73. The minimum Gasteiger partial charge on any atom is -0.316 e. The van der Waals surface area contributed by atoms with E-state index in [1.54, 1.807) is 0 Å². The number of rotatable bonds is 6. The molecule has 1 unspecified atom stereocenters. The van der Waals surface area contributed by atoms with Crippen LogP contribution in [-0.4, -0.2) is 18.8 Å². The lowest BCUT2D eigenvalue weighted by atomic mass is 9.81. The standard InChI is InChI=1S/C14H21NS/c1-15-13(10-12-6-5-7-12)11-16-14-8-3-2-4-9-14/h2-4,8-9,12-13,15H,5-7,10-11H2,1H3. The maximum atomic E-state index is 3.45. The third kappa shape index (κ3) is 3.53. The summed E-state index contributed by atoms with van der Waals surface area (Å²) in [7, 11) is 2.09. The van der Waals surface area contributed by atoms with Crippen molar-refractivity contribution in [2.24, 2.45) is 5.92 Å². The van der Waals surface area contributed by atoms with Gasteiger partial charge >= 0.3 is 0 Å². The summed E-state index contributed by atoms with van der Waals surface area (Å²) in [6.07, 6.45) is 5.71. The largest absolute Gasteiger partial charge is 0.316 e. The Morgan fingerprint density at radius 1 is 1.31 bits per heavy atom. The normalized spacial score (nSPS) is 18.1. The summed E-state index contributed by atoms with van der Waals surface area (Å²) in [4.78, 5) is 1.39. The van der Waals surface area contributed by atoms with E-state index >= 15 is 0 Å². The minimum atomic E-state index is 0.676. The van der Waals surface area contributed by atoms with Crippen molar-refractivity contribution in [3.63, 3.8) is 0 Å². The van der Waals surface area contributed by atoms with Crippen molar-refractivity contribution in [1.29, 1.82) is 0 Å². The van der Waals surface area contributed by atoms with E-state index in [9.17, 15) is 0 Å². The van der Waals surface area contributed by atoms with Crippen LogP contribution < -0.4 is 5.32 Å². The van der Waals surface area contributed by atoms with Crippen LogP contribution in [0.4, 0.5) is 0 Å². The number of benzene rings is 1. The Morgan fingerprint density at radius 2 is 2.06 bits per heavy atom. The summed E-state index contributed by atoms with van der Waals surface area (Å²) >= 11 is 1.97. The van der Waals surface area contributed by atoms with E-state index in [0.717, 1.165) is 5.92 Å². The molecule has 1 saturated carbocycles. The second-order valence-electron chi connectivity index (χ2n) is 4.64. The lowest BCUT2D eigenvalue weighted by Gasteiger charge is -2.29. The predicted octanol–water partition coefficient (Wildman–Crippen LogP) is 3.56. The van der Waals surface area contributed by atoms with E-state index < -0.39 is 0 Å². The molecule has 0 aliphatic heterocycles. The molecule has 0 aromatic heterocycles. The van der Waals surface area contributed by atoms with E-state index in [2.05, 4.69) is 42.7 Å². The SMILES string of the molecule is CNC(CSc1ccccc1)CC1CCC1. The topological polar surface area (TPSA) is 12.0 Å². The summed E-state index contributed by atoms with van der Waals surface area (Å²) in [5, 5.41) is 3.45. The van der Waals surface area contributed by atoms with E-state index in [1.807, 2.05) is 11.8 Å². The van der Waals surface area contributed by atoms with Crippen molar-refractivity contribution in [2.75, 3.05) is 12.8 Å². The van der Waals surface area contributed by atoms with Crippen LogP contribution in [0.15, 0.2) is 35.2 Å². The van der Waals surface area contributed by atoms with Gasteiger partial charge in [-0.25, -0.2) is 0 Å². The predicted molar refractivity (Wildman–Crippen MR) is 72.0 cm³/mol. The average Bonchev–Trinajstić information content (AvgIpc) is 2.28. The molecule has 1 fully saturated rings. The van der Waals surface area contributed by atoms with Crippen LogP contribution >= 0.6 is 11.8 Å². The molecule has 2 rings (SSSR count). The molecule has 1 nitrogen and oxygen atoms in total. The quantitative estimate of drug-likeness (QED) is 0.757. The summed E-state index contributed by atoms with van der Waals surface area (Å²) in [5.74, 6) is 2.19. The smallest absolute Gasteiger partial charge is 0.0161 e.